The molecule has 12 heteroatoms. The van der Waals surface area contributed by atoms with Gasteiger partial charge in [0.2, 0.25) is 0 Å². The summed E-state index contributed by atoms with van der Waals surface area (Å²) in [5, 5.41) is 7.48. The highest BCUT2D eigenvalue weighted by Gasteiger charge is 2.45. The Bertz CT molecular complexity index is 1420. The highest BCUT2D eigenvalue weighted by molar-refractivity contribution is 6.30. The molecule has 0 aliphatic carbocycles. The topological polar surface area (TPSA) is 111 Å². The highest BCUT2D eigenvalue weighted by atomic mass is 35.5. The molecule has 0 amide bonds. The van der Waals surface area contributed by atoms with Crippen molar-refractivity contribution in [2.45, 2.75) is 72.1 Å². The standard InChI is InChI=1S/C29H36ClFN6O4/c1-18-12-23(35-37(18)27(39)41-28(3,4)5)34-24-16-32-15-21(33-24)14-29(26(38)40-6)10-11-36(19(2)13-29)17-20-8-7-9-22(30)25(20)31/h7-9,12,15-16,19H,10-11,13-14,17H2,1-6H3,(H,33,34,35)/t19-,29-/m0/s1. The molecule has 1 aromatic carbocycles. The summed E-state index contributed by atoms with van der Waals surface area (Å²) in [6.07, 6.45) is 3.91. The Morgan fingerprint density at radius 2 is 2.00 bits per heavy atom. The number of hydrogen-bond acceptors (Lipinski definition) is 9. The number of rotatable bonds is 7. The summed E-state index contributed by atoms with van der Waals surface area (Å²) < 4.78 is 26.4. The van der Waals surface area contributed by atoms with E-state index in [1.165, 1.54) is 17.9 Å². The zero-order valence-corrected chi connectivity index (χ0v) is 25.0. The average Bonchev–Trinajstić information content (AvgIpc) is 3.26. The minimum absolute atomic E-state index is 0.0321. The summed E-state index contributed by atoms with van der Waals surface area (Å²) in [5.41, 5.74) is 0.236. The monoisotopic (exact) mass is 586 g/mol. The van der Waals surface area contributed by atoms with Crippen LogP contribution in [0.3, 0.4) is 0 Å². The third-order valence-corrected chi connectivity index (χ3v) is 7.42. The van der Waals surface area contributed by atoms with Crippen LogP contribution < -0.4 is 5.32 Å². The maximum Gasteiger partial charge on any atom is 0.435 e. The minimum Gasteiger partial charge on any atom is -0.469 e. The van der Waals surface area contributed by atoms with Gasteiger partial charge in [-0.25, -0.2) is 14.2 Å². The van der Waals surface area contributed by atoms with E-state index in [1.807, 2.05) is 6.92 Å². The van der Waals surface area contributed by atoms with Crippen LogP contribution in [0.25, 0.3) is 0 Å². The molecular formula is C29H36ClFN6O4. The lowest BCUT2D eigenvalue weighted by molar-refractivity contribution is -0.157. The number of methoxy groups -OCH3 is 1. The van der Waals surface area contributed by atoms with E-state index < -0.39 is 22.9 Å². The van der Waals surface area contributed by atoms with E-state index in [1.54, 1.807) is 58.3 Å². The average molecular weight is 587 g/mol. The second-order valence-corrected chi connectivity index (χ2v) is 11.9. The van der Waals surface area contributed by atoms with Gasteiger partial charge < -0.3 is 14.8 Å². The molecular weight excluding hydrogens is 551 g/mol. The first-order valence-corrected chi connectivity index (χ1v) is 13.8. The summed E-state index contributed by atoms with van der Waals surface area (Å²) in [7, 11) is 1.38. The maximum absolute atomic E-state index is 14.5. The fourth-order valence-electron chi connectivity index (χ4n) is 5.19. The number of hydrogen-bond donors (Lipinski definition) is 1. The van der Waals surface area contributed by atoms with E-state index in [9.17, 15) is 14.0 Å². The number of ether oxygens (including phenoxy) is 2. The van der Waals surface area contributed by atoms with E-state index in [2.05, 4.69) is 25.3 Å². The van der Waals surface area contributed by atoms with Gasteiger partial charge in [-0.1, -0.05) is 23.7 Å². The Morgan fingerprint density at radius 1 is 1.24 bits per heavy atom. The molecule has 0 bridgehead atoms. The smallest absolute Gasteiger partial charge is 0.435 e. The van der Waals surface area contributed by atoms with Gasteiger partial charge in [-0.3, -0.25) is 14.7 Å². The largest absolute Gasteiger partial charge is 0.469 e. The van der Waals surface area contributed by atoms with Crippen molar-refractivity contribution in [3.63, 3.8) is 0 Å². The molecule has 1 N–H and O–H groups in total. The van der Waals surface area contributed by atoms with Crippen LogP contribution in [0.1, 0.15) is 57.5 Å². The van der Waals surface area contributed by atoms with Crippen molar-refractivity contribution < 1.29 is 23.5 Å². The lowest BCUT2D eigenvalue weighted by atomic mass is 9.72. The first-order valence-electron chi connectivity index (χ1n) is 13.4. The fraction of sp³-hybridized carbons (Fsp3) is 0.483. The molecule has 0 spiro atoms. The van der Waals surface area contributed by atoms with Crippen LogP contribution in [-0.4, -0.2) is 62.0 Å². The van der Waals surface area contributed by atoms with Crippen LogP contribution in [-0.2, 0) is 27.2 Å². The van der Waals surface area contributed by atoms with Gasteiger partial charge in [-0.05, 0) is 60.1 Å². The molecule has 2 atom stereocenters. The lowest BCUT2D eigenvalue weighted by Gasteiger charge is -2.44. The molecule has 1 aliphatic rings. The second kappa shape index (κ2) is 12.1. The van der Waals surface area contributed by atoms with E-state index in [-0.39, 0.29) is 17.0 Å². The highest BCUT2D eigenvalue weighted by Crippen LogP contribution is 2.40. The molecule has 4 rings (SSSR count). The van der Waals surface area contributed by atoms with Crippen molar-refractivity contribution in [2.75, 3.05) is 19.0 Å². The van der Waals surface area contributed by atoms with Gasteiger partial charge in [-0.2, -0.15) is 4.68 Å². The van der Waals surface area contributed by atoms with Crippen molar-refractivity contribution in [1.29, 1.82) is 0 Å². The number of nitrogens with one attached hydrogen (secondary N) is 1. The number of piperidine rings is 1. The maximum atomic E-state index is 14.5. The molecule has 2 aromatic heterocycles. The molecule has 220 valence electrons. The number of nitrogens with zero attached hydrogens (tertiary/aromatic N) is 5. The zero-order valence-electron chi connectivity index (χ0n) is 24.2. The summed E-state index contributed by atoms with van der Waals surface area (Å²) in [4.78, 5) is 36.8. The number of carbonyl (C=O) groups is 2. The molecule has 41 heavy (non-hydrogen) atoms. The second-order valence-electron chi connectivity index (χ2n) is 11.5. The molecule has 0 saturated carbocycles. The van der Waals surface area contributed by atoms with Crippen molar-refractivity contribution >= 4 is 35.3 Å². The Labute approximate surface area is 244 Å². The number of anilines is 2. The van der Waals surface area contributed by atoms with Crippen molar-refractivity contribution in [2.24, 2.45) is 5.41 Å². The molecule has 1 aliphatic heterocycles. The number of aryl methyl sites for hydroxylation is 1. The van der Waals surface area contributed by atoms with Gasteiger partial charge >= 0.3 is 12.1 Å². The van der Waals surface area contributed by atoms with Gasteiger partial charge in [-0.15, -0.1) is 5.10 Å². The van der Waals surface area contributed by atoms with Crippen LogP contribution in [0, 0.1) is 18.2 Å². The van der Waals surface area contributed by atoms with E-state index >= 15 is 0 Å². The number of aromatic nitrogens is 4. The van der Waals surface area contributed by atoms with Crippen LogP contribution in [0.2, 0.25) is 5.02 Å². The summed E-state index contributed by atoms with van der Waals surface area (Å²) in [6.45, 7) is 10.1. The first kappa shape index (κ1) is 30.4. The third kappa shape index (κ3) is 7.20. The van der Waals surface area contributed by atoms with Crippen LogP contribution in [0.5, 0.6) is 0 Å². The summed E-state index contributed by atoms with van der Waals surface area (Å²) >= 11 is 5.97. The van der Waals surface area contributed by atoms with Crippen molar-refractivity contribution in [1.82, 2.24) is 24.6 Å². The molecule has 10 nitrogen and oxygen atoms in total. The summed E-state index contributed by atoms with van der Waals surface area (Å²) in [5.74, 6) is 0.0812. The van der Waals surface area contributed by atoms with Crippen molar-refractivity contribution in [3.8, 4) is 0 Å². The Kier molecular flexibility index (Phi) is 8.98. The Balaban J connectivity index is 1.49. The summed E-state index contributed by atoms with van der Waals surface area (Å²) in [6, 6.07) is 6.66. The quantitative estimate of drug-likeness (QED) is 0.349. The molecule has 1 fully saturated rings. The number of carbonyl (C=O) groups excluding carboxylic acids is 2. The third-order valence-electron chi connectivity index (χ3n) is 7.12. The van der Waals surface area contributed by atoms with Crippen LogP contribution >= 0.6 is 11.6 Å². The number of esters is 1. The predicted octanol–water partition coefficient (Wildman–Crippen LogP) is 5.69. The number of benzene rings is 1. The Morgan fingerprint density at radius 3 is 2.68 bits per heavy atom. The fourth-order valence-corrected chi connectivity index (χ4v) is 5.38. The van der Waals surface area contributed by atoms with Gasteiger partial charge in [0.1, 0.15) is 17.2 Å². The molecule has 3 aromatic rings. The zero-order chi connectivity index (χ0) is 29.9. The molecule has 0 unspecified atom stereocenters. The molecule has 1 saturated heterocycles. The minimum atomic E-state index is -0.820. The van der Waals surface area contributed by atoms with E-state index in [0.717, 1.165) is 0 Å². The van der Waals surface area contributed by atoms with Gasteiger partial charge in [0.05, 0.1) is 29.4 Å². The Hall–Kier alpha value is -3.57. The number of halogens is 2. The first-order chi connectivity index (χ1) is 19.3. The lowest BCUT2D eigenvalue weighted by Crippen LogP contribution is -2.50. The van der Waals surface area contributed by atoms with Crippen molar-refractivity contribution in [3.05, 3.63) is 64.5 Å². The number of likely N-dealkylation sites (tertiary alicyclic amines) is 1. The molecule has 3 heterocycles. The van der Waals surface area contributed by atoms with Crippen LogP contribution in [0.15, 0.2) is 36.7 Å². The van der Waals surface area contributed by atoms with Gasteiger partial charge in [0.15, 0.2) is 5.82 Å². The predicted molar refractivity (Wildman–Crippen MR) is 153 cm³/mol. The van der Waals surface area contributed by atoms with E-state index in [0.29, 0.717) is 60.9 Å². The van der Waals surface area contributed by atoms with E-state index in [4.69, 9.17) is 21.1 Å². The van der Waals surface area contributed by atoms with Gasteiger partial charge in [0.25, 0.3) is 0 Å². The van der Waals surface area contributed by atoms with Crippen LogP contribution in [0.4, 0.5) is 20.8 Å². The van der Waals surface area contributed by atoms with Gasteiger partial charge in [0, 0.05) is 42.5 Å². The molecule has 0 radical (unpaired) electrons. The normalized spacial score (nSPS) is 19.6. The SMILES string of the molecule is COC(=O)[C@@]1(Cc2cncc(Nc3cc(C)n(C(=O)OC(C)(C)C)n3)n2)CCN(Cc2cccc(Cl)c2F)[C@@H](C)C1.